The quantitative estimate of drug-likeness (QED) is 0.536. The average molecular weight is 419 g/mol. The van der Waals surface area contributed by atoms with Crippen molar-refractivity contribution in [3.8, 4) is 11.5 Å². The summed E-state index contributed by atoms with van der Waals surface area (Å²) < 4.78 is 15.5. The molecule has 0 radical (unpaired) electrons. The van der Waals surface area contributed by atoms with Gasteiger partial charge in [0, 0.05) is 0 Å². The monoisotopic (exact) mass is 419 g/mol. The Bertz CT molecular complexity index is 1000. The first-order chi connectivity index (χ1) is 15.1. The molecular weight excluding hydrogens is 394 g/mol. The fourth-order valence-corrected chi connectivity index (χ4v) is 3.15. The maximum atomic E-state index is 12.5. The van der Waals surface area contributed by atoms with Crippen molar-refractivity contribution in [2.75, 3.05) is 20.8 Å². The maximum absolute atomic E-state index is 12.5. The number of ether oxygens (including phenoxy) is 3. The van der Waals surface area contributed by atoms with E-state index < -0.39 is 5.97 Å². The number of nitrogens with one attached hydrogen (secondary N) is 1. The highest BCUT2D eigenvalue weighted by Gasteiger charge is 2.18. The van der Waals surface area contributed by atoms with E-state index in [4.69, 9.17) is 14.2 Å². The number of amides is 1. The molecule has 3 rings (SSSR count). The summed E-state index contributed by atoms with van der Waals surface area (Å²) in [5.41, 5.74) is 2.57. The van der Waals surface area contributed by atoms with Gasteiger partial charge in [0.2, 0.25) is 0 Å². The molecule has 1 N–H and O–H groups in total. The van der Waals surface area contributed by atoms with Crippen molar-refractivity contribution in [3.63, 3.8) is 0 Å². The minimum atomic E-state index is -0.482. The first-order valence-electron chi connectivity index (χ1n) is 9.86. The van der Waals surface area contributed by atoms with Crippen molar-refractivity contribution in [2.45, 2.75) is 12.5 Å². The molecule has 0 bridgehead atoms. The van der Waals surface area contributed by atoms with E-state index in [1.807, 2.05) is 54.6 Å². The van der Waals surface area contributed by atoms with Gasteiger partial charge in [-0.15, -0.1) is 0 Å². The van der Waals surface area contributed by atoms with Gasteiger partial charge in [0.05, 0.1) is 26.7 Å². The van der Waals surface area contributed by atoms with Gasteiger partial charge in [0.25, 0.3) is 5.91 Å². The molecule has 0 saturated carbocycles. The third kappa shape index (κ3) is 6.34. The van der Waals surface area contributed by atoms with E-state index in [1.54, 1.807) is 38.5 Å². The SMILES string of the molecule is COc1ccc([C@H](NC(=O)COC(=O)Cc2cccc(OC)c2)c2ccccc2)cc1. The van der Waals surface area contributed by atoms with Crippen LogP contribution in [0.4, 0.5) is 0 Å². The van der Waals surface area contributed by atoms with E-state index in [9.17, 15) is 9.59 Å². The molecule has 3 aromatic rings. The highest BCUT2D eigenvalue weighted by atomic mass is 16.5. The molecule has 31 heavy (non-hydrogen) atoms. The zero-order valence-electron chi connectivity index (χ0n) is 17.5. The molecule has 0 aromatic heterocycles. The lowest BCUT2D eigenvalue weighted by Gasteiger charge is -2.20. The molecule has 0 heterocycles. The third-order valence-electron chi connectivity index (χ3n) is 4.73. The summed E-state index contributed by atoms with van der Waals surface area (Å²) in [6, 6.07) is 23.8. The summed E-state index contributed by atoms with van der Waals surface area (Å²) in [4.78, 5) is 24.7. The van der Waals surface area contributed by atoms with Crippen molar-refractivity contribution < 1.29 is 23.8 Å². The average Bonchev–Trinajstić information content (AvgIpc) is 2.82. The largest absolute Gasteiger partial charge is 0.497 e. The van der Waals surface area contributed by atoms with Gasteiger partial charge in [-0.05, 0) is 41.0 Å². The number of benzene rings is 3. The smallest absolute Gasteiger partial charge is 0.310 e. The minimum Gasteiger partial charge on any atom is -0.497 e. The molecule has 0 fully saturated rings. The third-order valence-corrected chi connectivity index (χ3v) is 4.73. The predicted molar refractivity (Wildman–Crippen MR) is 117 cm³/mol. The number of carbonyl (C=O) groups excluding carboxylic acids is 2. The van der Waals surface area contributed by atoms with Crippen LogP contribution in [0.15, 0.2) is 78.9 Å². The fourth-order valence-electron chi connectivity index (χ4n) is 3.15. The van der Waals surface area contributed by atoms with E-state index in [2.05, 4.69) is 5.32 Å². The van der Waals surface area contributed by atoms with E-state index in [0.717, 1.165) is 22.4 Å². The Labute approximate surface area is 181 Å². The van der Waals surface area contributed by atoms with E-state index >= 15 is 0 Å². The van der Waals surface area contributed by atoms with Crippen LogP contribution in [-0.2, 0) is 20.7 Å². The molecule has 1 amide bonds. The molecule has 0 spiro atoms. The lowest BCUT2D eigenvalue weighted by atomic mass is 9.98. The fraction of sp³-hybridized carbons (Fsp3) is 0.200. The highest BCUT2D eigenvalue weighted by Crippen LogP contribution is 2.24. The minimum absolute atomic E-state index is 0.0606. The lowest BCUT2D eigenvalue weighted by Crippen LogP contribution is -2.33. The van der Waals surface area contributed by atoms with Crippen LogP contribution in [0, 0.1) is 0 Å². The van der Waals surface area contributed by atoms with Crippen molar-refractivity contribution in [1.82, 2.24) is 5.32 Å². The van der Waals surface area contributed by atoms with Crippen molar-refractivity contribution >= 4 is 11.9 Å². The van der Waals surface area contributed by atoms with Crippen LogP contribution in [0.25, 0.3) is 0 Å². The molecule has 0 aliphatic heterocycles. The molecule has 0 saturated heterocycles. The Morgan fingerprint density at radius 1 is 0.806 bits per heavy atom. The first kappa shape index (κ1) is 21.9. The highest BCUT2D eigenvalue weighted by molar-refractivity contribution is 5.82. The standard InChI is InChI=1S/C25H25NO5/c1-29-21-13-11-20(12-14-21)25(19-8-4-3-5-9-19)26-23(27)17-31-24(28)16-18-7-6-10-22(15-18)30-2/h3-15,25H,16-17H2,1-2H3,(H,26,27)/t25-/m1/s1. The molecule has 0 aliphatic rings. The second-order valence-electron chi connectivity index (χ2n) is 6.87. The number of hydrogen-bond acceptors (Lipinski definition) is 5. The van der Waals surface area contributed by atoms with Gasteiger partial charge in [0.15, 0.2) is 6.61 Å². The van der Waals surface area contributed by atoms with Crippen LogP contribution in [0.2, 0.25) is 0 Å². The van der Waals surface area contributed by atoms with E-state index in [-0.39, 0.29) is 25.0 Å². The number of hydrogen-bond donors (Lipinski definition) is 1. The number of methoxy groups -OCH3 is 2. The van der Waals surface area contributed by atoms with E-state index in [1.165, 1.54) is 0 Å². The summed E-state index contributed by atoms with van der Waals surface area (Å²) in [6.07, 6.45) is 0.0606. The van der Waals surface area contributed by atoms with Crippen molar-refractivity contribution in [3.05, 3.63) is 95.6 Å². The molecule has 1 atom stereocenters. The molecular formula is C25H25NO5. The van der Waals surface area contributed by atoms with Crippen molar-refractivity contribution in [2.24, 2.45) is 0 Å². The van der Waals surface area contributed by atoms with Gasteiger partial charge in [-0.3, -0.25) is 9.59 Å². The van der Waals surface area contributed by atoms with Gasteiger partial charge in [-0.25, -0.2) is 0 Å². The molecule has 6 nitrogen and oxygen atoms in total. The topological polar surface area (TPSA) is 73.9 Å². The zero-order chi connectivity index (χ0) is 22.1. The zero-order valence-corrected chi connectivity index (χ0v) is 17.5. The van der Waals surface area contributed by atoms with Crippen LogP contribution >= 0.6 is 0 Å². The maximum Gasteiger partial charge on any atom is 0.310 e. The van der Waals surface area contributed by atoms with Crippen molar-refractivity contribution in [1.29, 1.82) is 0 Å². The number of rotatable bonds is 9. The molecule has 0 unspecified atom stereocenters. The van der Waals surface area contributed by atoms with Crippen LogP contribution in [0.5, 0.6) is 11.5 Å². The second kappa shape index (κ2) is 10.8. The summed E-state index contributed by atoms with van der Waals surface area (Å²) in [6.45, 7) is -0.359. The number of esters is 1. The lowest BCUT2D eigenvalue weighted by molar-refractivity contribution is -0.148. The van der Waals surface area contributed by atoms with Crippen LogP contribution in [0.3, 0.4) is 0 Å². The Morgan fingerprint density at radius 2 is 1.48 bits per heavy atom. The Kier molecular flexibility index (Phi) is 7.65. The summed E-state index contributed by atoms with van der Waals surface area (Å²) in [5.74, 6) is 0.523. The Morgan fingerprint density at radius 3 is 2.16 bits per heavy atom. The molecule has 160 valence electrons. The van der Waals surface area contributed by atoms with Gasteiger partial charge in [0.1, 0.15) is 11.5 Å². The van der Waals surface area contributed by atoms with E-state index in [0.29, 0.717) is 5.75 Å². The summed E-state index contributed by atoms with van der Waals surface area (Å²) >= 11 is 0. The number of carbonyl (C=O) groups is 2. The Hall–Kier alpha value is -3.80. The van der Waals surface area contributed by atoms with Crippen LogP contribution in [0.1, 0.15) is 22.7 Å². The van der Waals surface area contributed by atoms with Gasteiger partial charge < -0.3 is 19.5 Å². The second-order valence-corrected chi connectivity index (χ2v) is 6.87. The molecule has 6 heteroatoms. The van der Waals surface area contributed by atoms with Crippen LogP contribution in [-0.4, -0.2) is 32.7 Å². The summed E-state index contributed by atoms with van der Waals surface area (Å²) in [5, 5.41) is 2.95. The Balaban J connectivity index is 1.62. The van der Waals surface area contributed by atoms with Crippen LogP contribution < -0.4 is 14.8 Å². The normalized spacial score (nSPS) is 11.3. The van der Waals surface area contributed by atoms with Gasteiger partial charge in [-0.1, -0.05) is 54.6 Å². The van der Waals surface area contributed by atoms with Gasteiger partial charge in [-0.2, -0.15) is 0 Å². The first-order valence-corrected chi connectivity index (χ1v) is 9.86. The predicted octanol–water partition coefficient (Wildman–Crippen LogP) is 3.70. The van der Waals surface area contributed by atoms with Gasteiger partial charge >= 0.3 is 5.97 Å². The molecule has 3 aromatic carbocycles. The molecule has 0 aliphatic carbocycles. The summed E-state index contributed by atoms with van der Waals surface area (Å²) in [7, 11) is 3.17.